The number of ether oxygens (including phenoxy) is 1. The van der Waals surface area contributed by atoms with Crippen molar-refractivity contribution in [2.45, 2.75) is 46.2 Å². The molecular formula is C15H26N2O. The molecule has 1 aromatic carbocycles. The zero-order valence-electron chi connectivity index (χ0n) is 12.3. The van der Waals surface area contributed by atoms with E-state index in [1.807, 2.05) is 0 Å². The molecule has 0 aliphatic carbocycles. The minimum atomic E-state index is 0.0784. The second kappa shape index (κ2) is 6.21. The van der Waals surface area contributed by atoms with Gasteiger partial charge < -0.3 is 15.8 Å². The van der Waals surface area contributed by atoms with Crippen LogP contribution in [0.25, 0.3) is 0 Å². The summed E-state index contributed by atoms with van der Waals surface area (Å²) >= 11 is 0. The van der Waals surface area contributed by atoms with Crippen molar-refractivity contribution in [1.29, 1.82) is 0 Å². The molecule has 0 saturated carbocycles. The summed E-state index contributed by atoms with van der Waals surface area (Å²) in [5, 5.41) is 3.56. The van der Waals surface area contributed by atoms with E-state index in [2.05, 4.69) is 45.1 Å². The van der Waals surface area contributed by atoms with Crippen molar-refractivity contribution < 1.29 is 4.74 Å². The lowest BCUT2D eigenvalue weighted by Crippen LogP contribution is -2.40. The first-order valence-electron chi connectivity index (χ1n) is 6.49. The number of nitrogens with two attached hydrogens (primary N) is 1. The van der Waals surface area contributed by atoms with Crippen molar-refractivity contribution in [3.8, 4) is 5.75 Å². The molecule has 0 bridgehead atoms. The van der Waals surface area contributed by atoms with E-state index in [1.165, 1.54) is 16.7 Å². The summed E-state index contributed by atoms with van der Waals surface area (Å²) in [6.45, 7) is 10.1. The number of nitrogens with one attached hydrogen (secondary N) is 1. The molecule has 3 nitrogen and oxygen atoms in total. The Balaban J connectivity index is 2.77. The maximum Gasteiger partial charge on any atom is 0.122 e. The summed E-state index contributed by atoms with van der Waals surface area (Å²) in [6.07, 6.45) is 0.973. The van der Waals surface area contributed by atoms with Crippen molar-refractivity contribution in [2.75, 3.05) is 13.7 Å². The SMILES string of the molecule is COc1cc(C)c(CNC(C)(C)CCN)cc1C. The number of aryl methyl sites for hydroxylation is 2. The lowest BCUT2D eigenvalue weighted by atomic mass is 9.99. The Kier molecular flexibility index (Phi) is 5.17. The maximum absolute atomic E-state index is 5.62. The number of rotatable bonds is 6. The van der Waals surface area contributed by atoms with Crippen LogP contribution in [0.5, 0.6) is 5.75 Å². The van der Waals surface area contributed by atoms with Crippen LogP contribution >= 0.6 is 0 Å². The quantitative estimate of drug-likeness (QED) is 0.815. The van der Waals surface area contributed by atoms with Crippen molar-refractivity contribution in [1.82, 2.24) is 5.32 Å². The normalized spacial score (nSPS) is 11.7. The summed E-state index contributed by atoms with van der Waals surface area (Å²) in [5.41, 5.74) is 9.45. The van der Waals surface area contributed by atoms with Crippen LogP contribution in [-0.4, -0.2) is 19.2 Å². The molecule has 0 spiro atoms. The Hall–Kier alpha value is -1.06. The van der Waals surface area contributed by atoms with Gasteiger partial charge in [-0.25, -0.2) is 0 Å². The highest BCUT2D eigenvalue weighted by atomic mass is 16.5. The molecule has 3 N–H and O–H groups in total. The maximum atomic E-state index is 5.62. The first kappa shape index (κ1) is 15.0. The zero-order chi connectivity index (χ0) is 13.8. The third-order valence-corrected chi connectivity index (χ3v) is 3.38. The topological polar surface area (TPSA) is 47.3 Å². The highest BCUT2D eigenvalue weighted by Gasteiger charge is 2.16. The molecule has 0 radical (unpaired) electrons. The van der Waals surface area contributed by atoms with Crippen molar-refractivity contribution in [3.05, 3.63) is 28.8 Å². The summed E-state index contributed by atoms with van der Waals surface area (Å²) < 4.78 is 5.33. The minimum absolute atomic E-state index is 0.0784. The smallest absolute Gasteiger partial charge is 0.122 e. The van der Waals surface area contributed by atoms with E-state index in [1.54, 1.807) is 7.11 Å². The predicted molar refractivity (Wildman–Crippen MR) is 77.1 cm³/mol. The molecule has 0 atom stereocenters. The summed E-state index contributed by atoms with van der Waals surface area (Å²) in [5.74, 6) is 0.956. The molecule has 0 aromatic heterocycles. The van der Waals surface area contributed by atoms with Gasteiger partial charge in [0, 0.05) is 12.1 Å². The van der Waals surface area contributed by atoms with Crippen molar-refractivity contribution >= 4 is 0 Å². The second-order valence-electron chi connectivity index (χ2n) is 5.52. The van der Waals surface area contributed by atoms with Gasteiger partial charge in [-0.15, -0.1) is 0 Å². The first-order chi connectivity index (χ1) is 8.39. The summed E-state index contributed by atoms with van der Waals surface area (Å²) in [4.78, 5) is 0. The van der Waals surface area contributed by atoms with Gasteiger partial charge in [0.05, 0.1) is 7.11 Å². The van der Waals surface area contributed by atoms with Crippen LogP contribution in [0.3, 0.4) is 0 Å². The number of methoxy groups -OCH3 is 1. The molecule has 0 saturated heterocycles. The van der Waals surface area contributed by atoms with E-state index in [0.717, 1.165) is 18.7 Å². The fourth-order valence-electron chi connectivity index (χ4n) is 2.04. The Morgan fingerprint density at radius 2 is 1.89 bits per heavy atom. The lowest BCUT2D eigenvalue weighted by molar-refractivity contribution is 0.364. The van der Waals surface area contributed by atoms with Crippen LogP contribution in [0.4, 0.5) is 0 Å². The molecular weight excluding hydrogens is 224 g/mol. The fraction of sp³-hybridized carbons (Fsp3) is 0.600. The molecule has 1 aromatic rings. The second-order valence-corrected chi connectivity index (χ2v) is 5.52. The van der Waals surface area contributed by atoms with Crippen LogP contribution < -0.4 is 15.8 Å². The van der Waals surface area contributed by atoms with Crippen LogP contribution in [-0.2, 0) is 6.54 Å². The highest BCUT2D eigenvalue weighted by molar-refractivity contribution is 5.41. The summed E-state index contributed by atoms with van der Waals surface area (Å²) in [7, 11) is 1.71. The number of benzene rings is 1. The third kappa shape index (κ3) is 4.00. The van der Waals surface area contributed by atoms with Crippen LogP contribution in [0.2, 0.25) is 0 Å². The van der Waals surface area contributed by atoms with Gasteiger partial charge in [0.2, 0.25) is 0 Å². The molecule has 3 heteroatoms. The fourth-order valence-corrected chi connectivity index (χ4v) is 2.04. The minimum Gasteiger partial charge on any atom is -0.496 e. The van der Waals surface area contributed by atoms with Crippen molar-refractivity contribution in [2.24, 2.45) is 5.73 Å². The van der Waals surface area contributed by atoms with Crippen LogP contribution in [0.1, 0.15) is 37.0 Å². The molecule has 0 fully saturated rings. The molecule has 0 aliphatic heterocycles. The van der Waals surface area contributed by atoms with Gasteiger partial charge >= 0.3 is 0 Å². The molecule has 102 valence electrons. The molecule has 18 heavy (non-hydrogen) atoms. The van der Waals surface area contributed by atoms with Crippen LogP contribution in [0.15, 0.2) is 12.1 Å². The summed E-state index contributed by atoms with van der Waals surface area (Å²) in [6, 6.07) is 4.29. The van der Waals surface area contributed by atoms with Gasteiger partial charge in [0.25, 0.3) is 0 Å². The molecule has 1 rings (SSSR count). The monoisotopic (exact) mass is 250 g/mol. The molecule has 0 aliphatic rings. The largest absolute Gasteiger partial charge is 0.496 e. The van der Waals surface area contributed by atoms with Gasteiger partial charge in [-0.2, -0.15) is 0 Å². The number of hydrogen-bond acceptors (Lipinski definition) is 3. The Labute approximate surface area is 111 Å². The molecule has 0 unspecified atom stereocenters. The van der Waals surface area contributed by atoms with E-state index < -0.39 is 0 Å². The van der Waals surface area contributed by atoms with Gasteiger partial charge in [-0.3, -0.25) is 0 Å². The number of hydrogen-bond donors (Lipinski definition) is 2. The average Bonchev–Trinajstić information content (AvgIpc) is 2.29. The van der Waals surface area contributed by atoms with Gasteiger partial charge in [0.15, 0.2) is 0 Å². The van der Waals surface area contributed by atoms with E-state index in [0.29, 0.717) is 6.54 Å². The van der Waals surface area contributed by atoms with Crippen molar-refractivity contribution in [3.63, 3.8) is 0 Å². The standard InChI is InChI=1S/C15H26N2O/c1-11-9-14(18-5)12(2)8-13(11)10-17-15(3,4)6-7-16/h8-9,17H,6-7,10,16H2,1-5H3. The molecule has 0 heterocycles. The zero-order valence-corrected chi connectivity index (χ0v) is 12.3. The predicted octanol–water partition coefficient (Wildman–Crippen LogP) is 2.53. The lowest BCUT2D eigenvalue weighted by Gasteiger charge is -2.26. The van der Waals surface area contributed by atoms with Crippen LogP contribution in [0, 0.1) is 13.8 Å². The van der Waals surface area contributed by atoms with E-state index in [9.17, 15) is 0 Å². The third-order valence-electron chi connectivity index (χ3n) is 3.38. The Bertz CT molecular complexity index is 400. The van der Waals surface area contributed by atoms with Gasteiger partial charge in [-0.1, -0.05) is 6.07 Å². The van der Waals surface area contributed by atoms with Gasteiger partial charge in [-0.05, 0) is 63.4 Å². The van der Waals surface area contributed by atoms with E-state index in [-0.39, 0.29) is 5.54 Å². The van der Waals surface area contributed by atoms with E-state index in [4.69, 9.17) is 10.5 Å². The van der Waals surface area contributed by atoms with E-state index >= 15 is 0 Å². The Morgan fingerprint density at radius 1 is 1.22 bits per heavy atom. The first-order valence-corrected chi connectivity index (χ1v) is 6.49. The highest BCUT2D eigenvalue weighted by Crippen LogP contribution is 2.23. The average molecular weight is 250 g/mol. The van der Waals surface area contributed by atoms with Gasteiger partial charge in [0.1, 0.15) is 5.75 Å². The molecule has 0 amide bonds. The Morgan fingerprint density at radius 3 is 2.44 bits per heavy atom.